The lowest BCUT2D eigenvalue weighted by molar-refractivity contribution is 0.0332. The van der Waals surface area contributed by atoms with Crippen LogP contribution in [-0.4, -0.2) is 49.9 Å². The van der Waals surface area contributed by atoms with Crippen molar-refractivity contribution in [2.75, 3.05) is 39.1 Å². The van der Waals surface area contributed by atoms with Gasteiger partial charge in [-0.1, -0.05) is 42.0 Å². The van der Waals surface area contributed by atoms with Gasteiger partial charge in [-0.05, 0) is 36.4 Å². The van der Waals surface area contributed by atoms with Crippen molar-refractivity contribution < 1.29 is 9.53 Å². The van der Waals surface area contributed by atoms with Gasteiger partial charge in [0.25, 0.3) is 5.91 Å². The molecule has 2 aromatic rings. The monoisotopic (exact) mass is 384 g/mol. The molecule has 0 bridgehead atoms. The summed E-state index contributed by atoms with van der Waals surface area (Å²) in [5.74, 6) is 0.940. The smallest absolute Gasteiger partial charge is 0.251 e. The van der Waals surface area contributed by atoms with Gasteiger partial charge in [-0.15, -0.1) is 0 Å². The van der Waals surface area contributed by atoms with Crippen molar-refractivity contribution in [1.29, 1.82) is 0 Å². The van der Waals surface area contributed by atoms with Crippen LogP contribution in [0.4, 0.5) is 0 Å². The third-order valence-electron chi connectivity index (χ3n) is 4.86. The van der Waals surface area contributed by atoms with Crippen LogP contribution in [0.5, 0.6) is 0 Å². The number of thioether (sulfide) groups is 1. The van der Waals surface area contributed by atoms with Gasteiger partial charge in [0.05, 0.1) is 19.3 Å². The third-order valence-corrected chi connectivity index (χ3v) is 5.48. The number of morpholine rings is 1. The van der Waals surface area contributed by atoms with E-state index >= 15 is 0 Å². The van der Waals surface area contributed by atoms with Crippen LogP contribution in [0.3, 0.4) is 0 Å². The number of carbonyl (C=O) groups excluding carboxylic acids is 1. The number of rotatable bonds is 7. The first-order valence-electron chi connectivity index (χ1n) is 9.41. The molecule has 1 aliphatic heterocycles. The van der Waals surface area contributed by atoms with Crippen LogP contribution in [0, 0.1) is 6.92 Å². The predicted molar refractivity (Wildman–Crippen MR) is 112 cm³/mol. The van der Waals surface area contributed by atoms with Crippen LogP contribution in [-0.2, 0) is 10.5 Å². The Hall–Kier alpha value is -1.82. The molecule has 0 aliphatic carbocycles. The van der Waals surface area contributed by atoms with E-state index in [0.29, 0.717) is 5.56 Å². The number of benzene rings is 2. The number of hydrogen-bond acceptors (Lipinski definition) is 4. The molecule has 1 atom stereocenters. The summed E-state index contributed by atoms with van der Waals surface area (Å²) >= 11 is 1.78. The topological polar surface area (TPSA) is 41.6 Å². The molecule has 1 fully saturated rings. The summed E-state index contributed by atoms with van der Waals surface area (Å²) in [4.78, 5) is 15.2. The van der Waals surface area contributed by atoms with Crippen LogP contribution in [0.15, 0.2) is 48.5 Å². The van der Waals surface area contributed by atoms with E-state index in [0.717, 1.165) is 44.2 Å². The standard InChI is InChI=1S/C22H28N2O2S/c1-17-3-7-19(8-4-17)21(15-24-11-13-26-14-12-24)23-22(25)20-9-5-18(6-10-20)16-27-2/h3-10,21H,11-16H2,1-2H3,(H,23,25)/t21-/m0/s1. The highest BCUT2D eigenvalue weighted by Crippen LogP contribution is 2.18. The number of ether oxygens (including phenoxy) is 1. The van der Waals surface area contributed by atoms with E-state index in [9.17, 15) is 4.79 Å². The summed E-state index contributed by atoms with van der Waals surface area (Å²) in [5, 5.41) is 3.24. The SMILES string of the molecule is CSCc1ccc(C(=O)N[C@@H](CN2CCOCC2)c2ccc(C)cc2)cc1. The second-order valence-electron chi connectivity index (χ2n) is 6.98. The van der Waals surface area contributed by atoms with Crippen molar-refractivity contribution in [2.45, 2.75) is 18.7 Å². The molecule has 5 heteroatoms. The van der Waals surface area contributed by atoms with Crippen LogP contribution in [0.2, 0.25) is 0 Å². The lowest BCUT2D eigenvalue weighted by Gasteiger charge is -2.31. The average molecular weight is 385 g/mol. The zero-order valence-electron chi connectivity index (χ0n) is 16.1. The van der Waals surface area contributed by atoms with E-state index in [-0.39, 0.29) is 11.9 Å². The minimum absolute atomic E-state index is 0.0236. The highest BCUT2D eigenvalue weighted by Gasteiger charge is 2.20. The van der Waals surface area contributed by atoms with E-state index in [4.69, 9.17) is 4.74 Å². The summed E-state index contributed by atoms with van der Waals surface area (Å²) in [5.41, 5.74) is 4.31. The summed E-state index contributed by atoms with van der Waals surface area (Å²) in [6, 6.07) is 16.3. The minimum atomic E-state index is -0.0397. The molecule has 144 valence electrons. The first-order valence-corrected chi connectivity index (χ1v) is 10.8. The molecule has 27 heavy (non-hydrogen) atoms. The minimum Gasteiger partial charge on any atom is -0.379 e. The molecule has 3 rings (SSSR count). The Morgan fingerprint density at radius 1 is 1.11 bits per heavy atom. The summed E-state index contributed by atoms with van der Waals surface area (Å²) < 4.78 is 5.45. The number of nitrogens with zero attached hydrogens (tertiary/aromatic N) is 1. The van der Waals surface area contributed by atoms with Crippen LogP contribution < -0.4 is 5.32 Å². The molecule has 2 aromatic carbocycles. The molecule has 1 N–H and O–H groups in total. The first-order chi connectivity index (χ1) is 13.2. The van der Waals surface area contributed by atoms with E-state index in [1.165, 1.54) is 11.1 Å². The van der Waals surface area contributed by atoms with Crippen LogP contribution >= 0.6 is 11.8 Å². The maximum Gasteiger partial charge on any atom is 0.251 e. The number of amides is 1. The second kappa shape index (κ2) is 9.93. The van der Waals surface area contributed by atoms with Crippen molar-refractivity contribution in [1.82, 2.24) is 10.2 Å². The van der Waals surface area contributed by atoms with Crippen molar-refractivity contribution >= 4 is 17.7 Å². The van der Waals surface area contributed by atoms with Gasteiger partial charge in [-0.3, -0.25) is 9.69 Å². The number of nitrogens with one attached hydrogen (secondary N) is 1. The quantitative estimate of drug-likeness (QED) is 0.791. The van der Waals surface area contributed by atoms with Crippen LogP contribution in [0.25, 0.3) is 0 Å². The molecule has 4 nitrogen and oxygen atoms in total. The van der Waals surface area contributed by atoms with E-state index in [1.54, 1.807) is 11.8 Å². The molecule has 1 aliphatic rings. The molecular formula is C22H28N2O2S. The molecule has 1 heterocycles. The van der Waals surface area contributed by atoms with Crippen molar-refractivity contribution in [3.05, 3.63) is 70.8 Å². The van der Waals surface area contributed by atoms with E-state index in [1.807, 2.05) is 24.3 Å². The fraction of sp³-hybridized carbons (Fsp3) is 0.409. The Morgan fingerprint density at radius 2 is 1.78 bits per heavy atom. The molecular weight excluding hydrogens is 356 g/mol. The zero-order chi connectivity index (χ0) is 19.1. The molecule has 0 unspecified atom stereocenters. The first kappa shape index (κ1) is 19.9. The van der Waals surface area contributed by atoms with Crippen molar-refractivity contribution in [3.8, 4) is 0 Å². The lowest BCUT2D eigenvalue weighted by atomic mass is 10.0. The maximum atomic E-state index is 12.8. The molecule has 0 aromatic heterocycles. The molecule has 0 spiro atoms. The maximum absolute atomic E-state index is 12.8. The Labute approximate surface area is 166 Å². The van der Waals surface area contributed by atoms with Gasteiger partial charge in [0, 0.05) is 31.0 Å². The average Bonchev–Trinajstić information content (AvgIpc) is 2.70. The summed E-state index contributed by atoms with van der Waals surface area (Å²) in [6.07, 6.45) is 2.08. The van der Waals surface area contributed by atoms with Gasteiger partial charge < -0.3 is 10.1 Å². The normalized spacial score (nSPS) is 16.1. The van der Waals surface area contributed by atoms with E-state index in [2.05, 4.69) is 47.7 Å². The molecule has 0 radical (unpaired) electrons. The highest BCUT2D eigenvalue weighted by molar-refractivity contribution is 7.97. The fourth-order valence-corrected chi connectivity index (χ4v) is 3.76. The highest BCUT2D eigenvalue weighted by atomic mass is 32.2. The Morgan fingerprint density at radius 3 is 2.41 bits per heavy atom. The molecule has 1 amide bonds. The van der Waals surface area contributed by atoms with Crippen molar-refractivity contribution in [2.24, 2.45) is 0 Å². The Kier molecular flexibility index (Phi) is 7.33. The van der Waals surface area contributed by atoms with Crippen LogP contribution in [0.1, 0.15) is 33.1 Å². The lowest BCUT2D eigenvalue weighted by Crippen LogP contribution is -2.43. The summed E-state index contributed by atoms with van der Waals surface area (Å²) in [7, 11) is 0. The van der Waals surface area contributed by atoms with Gasteiger partial charge in [0.15, 0.2) is 0 Å². The Balaban J connectivity index is 1.72. The molecule has 1 saturated heterocycles. The number of carbonyl (C=O) groups is 1. The summed E-state index contributed by atoms with van der Waals surface area (Å²) in [6.45, 7) is 6.19. The third kappa shape index (κ3) is 5.83. The van der Waals surface area contributed by atoms with Gasteiger partial charge >= 0.3 is 0 Å². The fourth-order valence-electron chi connectivity index (χ4n) is 3.24. The van der Waals surface area contributed by atoms with Gasteiger partial charge in [0.1, 0.15) is 0 Å². The largest absolute Gasteiger partial charge is 0.379 e. The van der Waals surface area contributed by atoms with E-state index < -0.39 is 0 Å². The number of aryl methyl sites for hydroxylation is 1. The van der Waals surface area contributed by atoms with Gasteiger partial charge in [-0.25, -0.2) is 0 Å². The zero-order valence-corrected chi connectivity index (χ0v) is 16.9. The molecule has 0 saturated carbocycles. The Bertz CT molecular complexity index is 725. The van der Waals surface area contributed by atoms with Gasteiger partial charge in [-0.2, -0.15) is 11.8 Å². The number of hydrogen-bond donors (Lipinski definition) is 1. The second-order valence-corrected chi connectivity index (χ2v) is 7.85. The van der Waals surface area contributed by atoms with Gasteiger partial charge in [0.2, 0.25) is 0 Å². The van der Waals surface area contributed by atoms with Crippen molar-refractivity contribution in [3.63, 3.8) is 0 Å². The predicted octanol–water partition coefficient (Wildman–Crippen LogP) is 3.66.